The van der Waals surface area contributed by atoms with Gasteiger partial charge in [-0.3, -0.25) is 9.59 Å². The summed E-state index contributed by atoms with van der Waals surface area (Å²) in [6.45, 7) is 3.29. The highest BCUT2D eigenvalue weighted by Gasteiger charge is 2.17. The van der Waals surface area contributed by atoms with Crippen LogP contribution in [0.25, 0.3) is 0 Å². The Bertz CT molecular complexity index is 836. The SMILES string of the molecule is CC(C)C[C@H](NC(=O)COC(=O)COc1ccccc1C(N)=O)c1ccccc1. The number of esters is 1. The van der Waals surface area contributed by atoms with Crippen molar-refractivity contribution < 1.29 is 23.9 Å². The van der Waals surface area contributed by atoms with Crippen LogP contribution in [0.15, 0.2) is 54.6 Å². The molecule has 0 saturated heterocycles. The maximum atomic E-state index is 12.2. The molecule has 2 rings (SSSR count). The van der Waals surface area contributed by atoms with E-state index in [0.29, 0.717) is 5.92 Å². The first kappa shape index (κ1) is 21.9. The number of hydrogen-bond acceptors (Lipinski definition) is 5. The van der Waals surface area contributed by atoms with Gasteiger partial charge in [0.15, 0.2) is 13.2 Å². The van der Waals surface area contributed by atoms with Gasteiger partial charge in [0.2, 0.25) is 0 Å². The number of nitrogens with two attached hydrogens (primary N) is 1. The largest absolute Gasteiger partial charge is 0.481 e. The molecule has 154 valence electrons. The van der Waals surface area contributed by atoms with Gasteiger partial charge in [0.1, 0.15) is 5.75 Å². The van der Waals surface area contributed by atoms with Gasteiger partial charge in [0.05, 0.1) is 11.6 Å². The first-order valence-electron chi connectivity index (χ1n) is 9.38. The van der Waals surface area contributed by atoms with E-state index in [1.54, 1.807) is 12.1 Å². The molecule has 0 fully saturated rings. The smallest absolute Gasteiger partial charge is 0.344 e. The summed E-state index contributed by atoms with van der Waals surface area (Å²) >= 11 is 0. The Morgan fingerprint density at radius 3 is 2.28 bits per heavy atom. The average molecular weight is 398 g/mol. The van der Waals surface area contributed by atoms with Gasteiger partial charge < -0.3 is 20.5 Å². The summed E-state index contributed by atoms with van der Waals surface area (Å²) in [7, 11) is 0. The quantitative estimate of drug-likeness (QED) is 0.598. The molecule has 0 radical (unpaired) electrons. The van der Waals surface area contributed by atoms with Crippen molar-refractivity contribution in [3.63, 3.8) is 0 Å². The van der Waals surface area contributed by atoms with Crippen LogP contribution in [-0.4, -0.2) is 31.0 Å². The molecule has 0 aromatic heterocycles. The van der Waals surface area contributed by atoms with Crippen molar-refractivity contribution in [1.29, 1.82) is 0 Å². The van der Waals surface area contributed by atoms with E-state index in [1.165, 1.54) is 12.1 Å². The molecular weight excluding hydrogens is 372 g/mol. The van der Waals surface area contributed by atoms with E-state index >= 15 is 0 Å². The Morgan fingerprint density at radius 2 is 1.62 bits per heavy atom. The third-order valence-electron chi connectivity index (χ3n) is 4.11. The zero-order valence-corrected chi connectivity index (χ0v) is 16.6. The van der Waals surface area contributed by atoms with Gasteiger partial charge in [-0.1, -0.05) is 56.3 Å². The minimum Gasteiger partial charge on any atom is -0.481 e. The molecule has 3 N–H and O–H groups in total. The number of primary amides is 1. The number of benzene rings is 2. The van der Waals surface area contributed by atoms with Gasteiger partial charge >= 0.3 is 5.97 Å². The monoisotopic (exact) mass is 398 g/mol. The zero-order chi connectivity index (χ0) is 21.2. The van der Waals surface area contributed by atoms with Crippen molar-refractivity contribution in [3.05, 3.63) is 65.7 Å². The lowest BCUT2D eigenvalue weighted by Crippen LogP contribution is -2.33. The molecular formula is C22H26N2O5. The van der Waals surface area contributed by atoms with Crippen molar-refractivity contribution in [1.82, 2.24) is 5.32 Å². The molecule has 2 amide bonds. The first-order chi connectivity index (χ1) is 13.9. The van der Waals surface area contributed by atoms with E-state index in [0.717, 1.165) is 12.0 Å². The highest BCUT2D eigenvalue weighted by atomic mass is 16.6. The number of para-hydroxylation sites is 1. The number of rotatable bonds is 10. The van der Waals surface area contributed by atoms with Crippen LogP contribution < -0.4 is 15.8 Å². The van der Waals surface area contributed by atoms with Crippen LogP contribution in [0.4, 0.5) is 0 Å². The van der Waals surface area contributed by atoms with Crippen LogP contribution in [0.1, 0.15) is 42.2 Å². The third-order valence-corrected chi connectivity index (χ3v) is 4.11. The van der Waals surface area contributed by atoms with Gasteiger partial charge in [-0.2, -0.15) is 0 Å². The normalized spacial score (nSPS) is 11.6. The van der Waals surface area contributed by atoms with E-state index in [-0.39, 0.29) is 17.4 Å². The predicted octanol–water partition coefficient (Wildman–Crippen LogP) is 2.61. The van der Waals surface area contributed by atoms with Crippen LogP contribution in [-0.2, 0) is 14.3 Å². The molecule has 2 aromatic rings. The number of carbonyl (C=O) groups excluding carboxylic acids is 3. The summed E-state index contributed by atoms with van der Waals surface area (Å²) in [4.78, 5) is 35.5. The van der Waals surface area contributed by atoms with Gasteiger partial charge in [0.25, 0.3) is 11.8 Å². The second-order valence-corrected chi connectivity index (χ2v) is 6.97. The van der Waals surface area contributed by atoms with E-state index < -0.39 is 31.0 Å². The lowest BCUT2D eigenvalue weighted by molar-refractivity contribution is -0.150. The Kier molecular flexibility index (Phi) is 8.21. The molecule has 0 spiro atoms. The first-order valence-corrected chi connectivity index (χ1v) is 9.38. The molecule has 0 aliphatic heterocycles. The van der Waals surface area contributed by atoms with E-state index in [9.17, 15) is 14.4 Å². The van der Waals surface area contributed by atoms with Crippen LogP contribution in [0, 0.1) is 5.92 Å². The Morgan fingerprint density at radius 1 is 0.966 bits per heavy atom. The van der Waals surface area contributed by atoms with Crippen molar-refractivity contribution in [2.45, 2.75) is 26.3 Å². The van der Waals surface area contributed by atoms with Gasteiger partial charge in [-0.15, -0.1) is 0 Å². The maximum absolute atomic E-state index is 12.2. The fraction of sp³-hybridized carbons (Fsp3) is 0.318. The number of nitrogens with one attached hydrogen (secondary N) is 1. The van der Waals surface area contributed by atoms with Crippen molar-refractivity contribution in [3.8, 4) is 5.75 Å². The summed E-state index contributed by atoms with van der Waals surface area (Å²) < 4.78 is 10.3. The summed E-state index contributed by atoms with van der Waals surface area (Å²) in [5.74, 6) is -1.22. The molecule has 0 bridgehead atoms. The fourth-order valence-corrected chi connectivity index (χ4v) is 2.79. The number of amides is 2. The average Bonchev–Trinajstić information content (AvgIpc) is 2.70. The molecule has 0 heterocycles. The topological polar surface area (TPSA) is 108 Å². The molecule has 0 aliphatic rings. The molecule has 1 atom stereocenters. The van der Waals surface area contributed by atoms with Crippen LogP contribution in [0.5, 0.6) is 5.75 Å². The Labute approximate surface area is 170 Å². The second kappa shape index (κ2) is 10.8. The predicted molar refractivity (Wildman–Crippen MR) is 108 cm³/mol. The van der Waals surface area contributed by atoms with Gasteiger partial charge in [0, 0.05) is 0 Å². The molecule has 29 heavy (non-hydrogen) atoms. The van der Waals surface area contributed by atoms with Gasteiger partial charge in [-0.05, 0) is 30.0 Å². The lowest BCUT2D eigenvalue weighted by Gasteiger charge is -2.21. The summed E-state index contributed by atoms with van der Waals surface area (Å²) in [5.41, 5.74) is 6.42. The van der Waals surface area contributed by atoms with E-state index in [4.69, 9.17) is 15.2 Å². The molecule has 7 heteroatoms. The van der Waals surface area contributed by atoms with Gasteiger partial charge in [-0.25, -0.2) is 4.79 Å². The van der Waals surface area contributed by atoms with E-state index in [1.807, 2.05) is 30.3 Å². The highest BCUT2D eigenvalue weighted by Crippen LogP contribution is 2.21. The molecule has 0 aliphatic carbocycles. The number of carbonyl (C=O) groups is 3. The summed E-state index contributed by atoms with van der Waals surface area (Å²) in [6.07, 6.45) is 0.761. The molecule has 0 unspecified atom stereocenters. The zero-order valence-electron chi connectivity index (χ0n) is 16.6. The van der Waals surface area contributed by atoms with Crippen LogP contribution >= 0.6 is 0 Å². The van der Waals surface area contributed by atoms with E-state index in [2.05, 4.69) is 19.2 Å². The fourth-order valence-electron chi connectivity index (χ4n) is 2.79. The summed E-state index contributed by atoms with van der Waals surface area (Å²) in [5, 5.41) is 2.90. The highest BCUT2D eigenvalue weighted by molar-refractivity contribution is 5.95. The Hall–Kier alpha value is -3.35. The Balaban J connectivity index is 1.84. The second-order valence-electron chi connectivity index (χ2n) is 6.97. The molecule has 0 saturated carbocycles. The molecule has 7 nitrogen and oxygen atoms in total. The third kappa shape index (κ3) is 7.29. The summed E-state index contributed by atoms with van der Waals surface area (Å²) in [6, 6.07) is 15.8. The number of hydrogen-bond donors (Lipinski definition) is 2. The van der Waals surface area contributed by atoms with Crippen LogP contribution in [0.2, 0.25) is 0 Å². The van der Waals surface area contributed by atoms with Crippen molar-refractivity contribution in [2.75, 3.05) is 13.2 Å². The van der Waals surface area contributed by atoms with Crippen molar-refractivity contribution >= 4 is 17.8 Å². The molecule has 2 aromatic carbocycles. The standard InChI is InChI=1S/C22H26N2O5/c1-15(2)12-18(16-8-4-3-5-9-16)24-20(25)13-29-21(26)14-28-19-11-7-6-10-17(19)22(23)27/h3-11,15,18H,12-14H2,1-2H3,(H2,23,27)(H,24,25)/t18-/m0/s1. The lowest BCUT2D eigenvalue weighted by atomic mass is 9.97. The minimum absolute atomic E-state index is 0.164. The van der Waals surface area contributed by atoms with Crippen molar-refractivity contribution in [2.24, 2.45) is 11.7 Å². The number of ether oxygens (including phenoxy) is 2. The van der Waals surface area contributed by atoms with Crippen LogP contribution in [0.3, 0.4) is 0 Å². The maximum Gasteiger partial charge on any atom is 0.344 e. The minimum atomic E-state index is -0.723.